The van der Waals surface area contributed by atoms with Gasteiger partial charge in [0.1, 0.15) is 11.5 Å². The van der Waals surface area contributed by atoms with Crippen LogP contribution in [0.2, 0.25) is 0 Å². The Kier molecular flexibility index (Phi) is 11.1. The number of sulfone groups is 1. The number of unbranched alkanes of at least 4 members (excludes halogenated alkanes) is 2. The molecule has 0 saturated carbocycles. The van der Waals surface area contributed by atoms with Crippen LogP contribution < -0.4 is 5.32 Å². The topological polar surface area (TPSA) is 92.5 Å². The lowest BCUT2D eigenvalue weighted by atomic mass is 10.1. The molecule has 7 nitrogen and oxygen atoms in total. The van der Waals surface area contributed by atoms with E-state index < -0.39 is 21.5 Å². The third-order valence-electron chi connectivity index (χ3n) is 5.53. The fourth-order valence-electron chi connectivity index (χ4n) is 3.52. The van der Waals surface area contributed by atoms with E-state index in [9.17, 15) is 13.2 Å². The van der Waals surface area contributed by atoms with E-state index in [0.717, 1.165) is 50.0 Å². The molecule has 1 aromatic heterocycles. The maximum absolute atomic E-state index is 12.6. The number of oxazole rings is 1. The highest BCUT2D eigenvalue weighted by Gasteiger charge is 2.22. The van der Waals surface area contributed by atoms with Gasteiger partial charge in [0.15, 0.2) is 9.84 Å². The average molecular weight is 478 g/mol. The Hall–Kier alpha value is -2.19. The maximum Gasteiger partial charge on any atom is 0.235 e. The summed E-state index contributed by atoms with van der Waals surface area (Å²) >= 11 is 0. The molecule has 2 aromatic rings. The molecule has 0 saturated heterocycles. The van der Waals surface area contributed by atoms with Crippen molar-refractivity contribution >= 4 is 15.7 Å². The van der Waals surface area contributed by atoms with Crippen LogP contribution in [-0.2, 0) is 20.4 Å². The van der Waals surface area contributed by atoms with Crippen LogP contribution in [0.25, 0.3) is 11.5 Å². The van der Waals surface area contributed by atoms with Crippen molar-refractivity contribution in [1.29, 1.82) is 0 Å². The summed E-state index contributed by atoms with van der Waals surface area (Å²) < 4.78 is 30.8. The summed E-state index contributed by atoms with van der Waals surface area (Å²) in [5.41, 5.74) is 2.25. The molecule has 184 valence electrons. The minimum absolute atomic E-state index is 0.316. The molecule has 2 rings (SSSR count). The second-order valence-corrected chi connectivity index (χ2v) is 10.7. The minimum atomic E-state index is -3.65. The van der Waals surface area contributed by atoms with Crippen molar-refractivity contribution in [2.45, 2.75) is 65.6 Å². The molecule has 1 aromatic carbocycles. The van der Waals surface area contributed by atoms with Crippen LogP contribution in [0.15, 0.2) is 28.7 Å². The first-order chi connectivity index (χ1) is 15.7. The van der Waals surface area contributed by atoms with Crippen LogP contribution in [0.4, 0.5) is 0 Å². The largest absolute Gasteiger partial charge is 0.441 e. The number of hydrogen-bond donors (Lipinski definition) is 1. The number of nitrogens with one attached hydrogen (secondary N) is 1. The zero-order valence-corrected chi connectivity index (χ0v) is 21.3. The van der Waals surface area contributed by atoms with Crippen LogP contribution in [0, 0.1) is 13.8 Å². The van der Waals surface area contributed by atoms with Gasteiger partial charge in [0.25, 0.3) is 0 Å². The number of hydrogen-bond acceptors (Lipinski definition) is 6. The number of carbonyl (C=O) groups is 1. The quantitative estimate of drug-likeness (QED) is 0.385. The minimum Gasteiger partial charge on any atom is -0.441 e. The summed E-state index contributed by atoms with van der Waals surface area (Å²) in [5.74, 6) is -0.493. The standard InChI is InChI=1S/C25H39N3O4S/c1-5-7-15-28(16-8-6-2)17-9-14-26-24(29)19-33(30,31)18-23-21(4)32-25(27-23)22-12-10-20(3)11-13-22/h10-13H,5-9,14-19H2,1-4H3,(H,26,29). The van der Waals surface area contributed by atoms with E-state index in [2.05, 4.69) is 29.0 Å². The Labute approximate surface area is 198 Å². The van der Waals surface area contributed by atoms with Crippen molar-refractivity contribution < 1.29 is 17.6 Å². The van der Waals surface area contributed by atoms with Gasteiger partial charge in [0.2, 0.25) is 11.8 Å². The van der Waals surface area contributed by atoms with E-state index in [-0.39, 0.29) is 5.75 Å². The monoisotopic (exact) mass is 477 g/mol. The van der Waals surface area contributed by atoms with Gasteiger partial charge in [-0.25, -0.2) is 13.4 Å². The molecule has 0 bridgehead atoms. The molecule has 33 heavy (non-hydrogen) atoms. The van der Waals surface area contributed by atoms with Crippen LogP contribution in [0.5, 0.6) is 0 Å². The third-order valence-corrected chi connectivity index (χ3v) is 6.94. The predicted molar refractivity (Wildman–Crippen MR) is 133 cm³/mol. The Morgan fingerprint density at radius 2 is 1.61 bits per heavy atom. The molecule has 1 N–H and O–H groups in total. The first kappa shape index (κ1) is 27.1. The Morgan fingerprint density at radius 1 is 1.00 bits per heavy atom. The molecule has 1 amide bonds. The molecule has 0 aliphatic heterocycles. The third kappa shape index (κ3) is 9.68. The van der Waals surface area contributed by atoms with E-state index in [1.165, 1.54) is 12.8 Å². The van der Waals surface area contributed by atoms with E-state index in [1.807, 2.05) is 31.2 Å². The van der Waals surface area contributed by atoms with Crippen molar-refractivity contribution in [2.75, 3.05) is 31.9 Å². The molecular formula is C25H39N3O4S. The fourth-order valence-corrected chi connectivity index (χ4v) is 4.81. The van der Waals surface area contributed by atoms with Crippen LogP contribution in [0.3, 0.4) is 0 Å². The summed E-state index contributed by atoms with van der Waals surface area (Å²) in [6, 6.07) is 7.67. The Balaban J connectivity index is 1.82. The summed E-state index contributed by atoms with van der Waals surface area (Å²) in [6.07, 6.45) is 5.47. The second kappa shape index (κ2) is 13.5. The zero-order chi connectivity index (χ0) is 24.3. The van der Waals surface area contributed by atoms with Crippen LogP contribution in [-0.4, -0.2) is 56.1 Å². The van der Waals surface area contributed by atoms with Crippen LogP contribution in [0.1, 0.15) is 63.0 Å². The van der Waals surface area contributed by atoms with E-state index >= 15 is 0 Å². The van der Waals surface area contributed by atoms with E-state index in [4.69, 9.17) is 4.42 Å². The van der Waals surface area contributed by atoms with Crippen molar-refractivity contribution in [1.82, 2.24) is 15.2 Å². The molecule has 0 radical (unpaired) electrons. The summed E-state index contributed by atoms with van der Waals surface area (Å²) in [4.78, 5) is 19.0. The van der Waals surface area contributed by atoms with Gasteiger partial charge in [-0.3, -0.25) is 4.79 Å². The highest BCUT2D eigenvalue weighted by molar-refractivity contribution is 7.91. The van der Waals surface area contributed by atoms with Gasteiger partial charge in [-0.05, 0) is 64.9 Å². The number of aromatic nitrogens is 1. The average Bonchev–Trinajstić information content (AvgIpc) is 3.12. The smallest absolute Gasteiger partial charge is 0.235 e. The summed E-state index contributed by atoms with van der Waals surface area (Å²) in [6.45, 7) is 11.6. The molecule has 8 heteroatoms. The summed E-state index contributed by atoms with van der Waals surface area (Å²) in [5, 5.41) is 2.75. The molecule has 0 atom stereocenters. The van der Waals surface area contributed by atoms with Crippen molar-refractivity contribution in [3.63, 3.8) is 0 Å². The number of amides is 1. The number of nitrogens with zero attached hydrogens (tertiary/aromatic N) is 2. The fraction of sp³-hybridized carbons (Fsp3) is 0.600. The number of aryl methyl sites for hydroxylation is 2. The van der Waals surface area contributed by atoms with Crippen molar-refractivity contribution in [2.24, 2.45) is 0 Å². The highest BCUT2D eigenvalue weighted by atomic mass is 32.2. The van der Waals surface area contributed by atoms with Gasteiger partial charge in [-0.15, -0.1) is 0 Å². The first-order valence-corrected chi connectivity index (χ1v) is 13.8. The number of benzene rings is 1. The lowest BCUT2D eigenvalue weighted by Crippen LogP contribution is -2.34. The maximum atomic E-state index is 12.6. The number of carbonyl (C=O) groups excluding carboxylic acids is 1. The normalized spacial score (nSPS) is 11.8. The molecule has 0 aliphatic carbocycles. The van der Waals surface area contributed by atoms with Crippen molar-refractivity contribution in [3.8, 4) is 11.5 Å². The predicted octanol–water partition coefficient (Wildman–Crippen LogP) is 4.28. The van der Waals surface area contributed by atoms with Gasteiger partial charge in [-0.1, -0.05) is 44.4 Å². The van der Waals surface area contributed by atoms with Gasteiger partial charge in [-0.2, -0.15) is 0 Å². The Morgan fingerprint density at radius 3 is 2.21 bits per heavy atom. The van der Waals surface area contributed by atoms with Crippen LogP contribution >= 0.6 is 0 Å². The SMILES string of the molecule is CCCCN(CCCC)CCCNC(=O)CS(=O)(=O)Cc1nc(-c2ccc(C)cc2)oc1C. The lowest BCUT2D eigenvalue weighted by molar-refractivity contribution is -0.118. The zero-order valence-electron chi connectivity index (χ0n) is 20.5. The summed E-state index contributed by atoms with van der Waals surface area (Å²) in [7, 11) is -3.65. The van der Waals surface area contributed by atoms with E-state index in [0.29, 0.717) is 23.9 Å². The highest BCUT2D eigenvalue weighted by Crippen LogP contribution is 2.23. The molecule has 0 unspecified atom stereocenters. The molecule has 1 heterocycles. The number of rotatable bonds is 15. The van der Waals surface area contributed by atoms with Gasteiger partial charge in [0.05, 0.1) is 11.4 Å². The van der Waals surface area contributed by atoms with Gasteiger partial charge in [0, 0.05) is 12.1 Å². The van der Waals surface area contributed by atoms with Crippen molar-refractivity contribution in [3.05, 3.63) is 41.3 Å². The Bertz CT molecular complexity index is 960. The van der Waals surface area contributed by atoms with Gasteiger partial charge >= 0.3 is 0 Å². The van der Waals surface area contributed by atoms with E-state index in [1.54, 1.807) is 6.92 Å². The molecule has 0 fully saturated rings. The molecular weight excluding hydrogens is 438 g/mol. The lowest BCUT2D eigenvalue weighted by Gasteiger charge is -2.21. The first-order valence-electron chi connectivity index (χ1n) is 12.0. The van der Waals surface area contributed by atoms with Gasteiger partial charge < -0.3 is 14.6 Å². The molecule has 0 aliphatic rings. The molecule has 0 spiro atoms. The second-order valence-electron chi connectivity index (χ2n) is 8.67.